The molecule has 1 rings (SSSR count). The summed E-state index contributed by atoms with van der Waals surface area (Å²) in [5, 5.41) is 17.0. The molecule has 1 aliphatic heterocycles. The van der Waals surface area contributed by atoms with Gasteiger partial charge in [0.05, 0.1) is 26.2 Å². The number of rotatable bonds is 4. The summed E-state index contributed by atoms with van der Waals surface area (Å²) in [6.07, 6.45) is 1.42. The van der Waals surface area contributed by atoms with Crippen molar-refractivity contribution in [2.45, 2.75) is 0 Å². The van der Waals surface area contributed by atoms with Gasteiger partial charge in [0.1, 0.15) is 6.54 Å². The normalized spacial score (nSPS) is 17.0. The molecule has 1 heterocycles. The zero-order valence-corrected chi connectivity index (χ0v) is 7.46. The van der Waals surface area contributed by atoms with Gasteiger partial charge in [0.25, 0.3) is 0 Å². The first-order valence-corrected chi connectivity index (χ1v) is 3.98. The van der Waals surface area contributed by atoms with Crippen LogP contribution in [0.5, 0.6) is 0 Å². The SMILES string of the molecule is O=C(O)CN1C=NCN(CC(=O)O)C1. The van der Waals surface area contributed by atoms with Gasteiger partial charge in [-0.05, 0) is 0 Å². The molecule has 0 fully saturated rings. The van der Waals surface area contributed by atoms with Crippen molar-refractivity contribution < 1.29 is 19.8 Å². The Morgan fingerprint density at radius 2 is 1.93 bits per heavy atom. The molecular formula is C7H11N3O4. The number of carboxylic acids is 2. The van der Waals surface area contributed by atoms with Crippen molar-refractivity contribution in [1.29, 1.82) is 0 Å². The zero-order valence-electron chi connectivity index (χ0n) is 7.46. The molecule has 0 bridgehead atoms. The molecule has 78 valence electrons. The molecule has 1 aliphatic rings. The van der Waals surface area contributed by atoms with Crippen LogP contribution in [0.1, 0.15) is 0 Å². The number of aliphatic imine (C=N–C) groups is 1. The third kappa shape index (κ3) is 3.40. The van der Waals surface area contributed by atoms with E-state index in [1.807, 2.05) is 0 Å². The Hall–Kier alpha value is -1.63. The third-order valence-electron chi connectivity index (χ3n) is 1.61. The van der Waals surface area contributed by atoms with Crippen LogP contribution >= 0.6 is 0 Å². The fraction of sp³-hybridized carbons (Fsp3) is 0.571. The summed E-state index contributed by atoms with van der Waals surface area (Å²) in [5.74, 6) is -1.91. The Morgan fingerprint density at radius 3 is 2.50 bits per heavy atom. The topological polar surface area (TPSA) is 93.4 Å². The molecule has 14 heavy (non-hydrogen) atoms. The Labute approximate surface area is 80.2 Å². The van der Waals surface area contributed by atoms with Crippen molar-refractivity contribution >= 4 is 18.3 Å². The highest BCUT2D eigenvalue weighted by Crippen LogP contribution is 1.98. The molecular weight excluding hydrogens is 190 g/mol. The number of aliphatic carboxylic acids is 2. The van der Waals surface area contributed by atoms with Crippen molar-refractivity contribution in [3.05, 3.63) is 0 Å². The first-order chi connectivity index (χ1) is 6.58. The summed E-state index contributed by atoms with van der Waals surface area (Å²) >= 11 is 0. The summed E-state index contributed by atoms with van der Waals surface area (Å²) < 4.78 is 0. The van der Waals surface area contributed by atoms with E-state index < -0.39 is 11.9 Å². The van der Waals surface area contributed by atoms with Gasteiger partial charge in [-0.3, -0.25) is 19.5 Å². The van der Waals surface area contributed by atoms with E-state index in [0.717, 1.165) is 0 Å². The van der Waals surface area contributed by atoms with Gasteiger partial charge < -0.3 is 15.1 Å². The van der Waals surface area contributed by atoms with E-state index in [4.69, 9.17) is 10.2 Å². The maximum absolute atomic E-state index is 10.4. The van der Waals surface area contributed by atoms with Gasteiger partial charge in [-0.1, -0.05) is 0 Å². The standard InChI is InChI=1S/C7H11N3O4/c11-6(12)1-9-3-8-4-10(5-9)2-7(13)14/h3H,1-2,4-5H2,(H,11,12)(H,13,14). The lowest BCUT2D eigenvalue weighted by Crippen LogP contribution is -2.45. The minimum atomic E-state index is -0.964. The average molecular weight is 201 g/mol. The number of carboxylic acid groups (broad SMARTS) is 2. The number of hydrogen-bond donors (Lipinski definition) is 2. The van der Waals surface area contributed by atoms with Gasteiger partial charge in [-0.15, -0.1) is 0 Å². The molecule has 0 spiro atoms. The summed E-state index contributed by atoms with van der Waals surface area (Å²) in [4.78, 5) is 27.5. The maximum atomic E-state index is 10.4. The largest absolute Gasteiger partial charge is 0.480 e. The molecule has 0 saturated heterocycles. The second kappa shape index (κ2) is 4.56. The van der Waals surface area contributed by atoms with Crippen molar-refractivity contribution in [2.24, 2.45) is 4.99 Å². The van der Waals surface area contributed by atoms with Crippen LogP contribution in [-0.2, 0) is 9.59 Å². The highest BCUT2D eigenvalue weighted by molar-refractivity contribution is 5.73. The lowest BCUT2D eigenvalue weighted by atomic mass is 10.5. The predicted molar refractivity (Wildman–Crippen MR) is 46.9 cm³/mol. The molecule has 7 nitrogen and oxygen atoms in total. The van der Waals surface area contributed by atoms with Gasteiger partial charge in [-0.2, -0.15) is 0 Å². The van der Waals surface area contributed by atoms with Gasteiger partial charge >= 0.3 is 11.9 Å². The smallest absolute Gasteiger partial charge is 0.323 e. The molecule has 2 N–H and O–H groups in total. The quantitative estimate of drug-likeness (QED) is 0.588. The van der Waals surface area contributed by atoms with Gasteiger partial charge in [0, 0.05) is 0 Å². The van der Waals surface area contributed by atoms with Crippen LogP contribution in [0.2, 0.25) is 0 Å². The van der Waals surface area contributed by atoms with Crippen LogP contribution in [0.25, 0.3) is 0 Å². The second-order valence-corrected chi connectivity index (χ2v) is 2.94. The lowest BCUT2D eigenvalue weighted by molar-refractivity contribution is -0.139. The van der Waals surface area contributed by atoms with E-state index in [0.29, 0.717) is 6.67 Å². The highest BCUT2D eigenvalue weighted by Gasteiger charge is 2.16. The molecule has 0 atom stereocenters. The Balaban J connectivity index is 2.43. The summed E-state index contributed by atoms with van der Waals surface area (Å²) in [6.45, 7) is 0.275. The lowest BCUT2D eigenvalue weighted by Gasteiger charge is -2.29. The van der Waals surface area contributed by atoms with Crippen LogP contribution in [-0.4, -0.2) is 64.7 Å². The van der Waals surface area contributed by atoms with Gasteiger partial charge in [0.15, 0.2) is 0 Å². The summed E-state index contributed by atoms with van der Waals surface area (Å²) in [5.41, 5.74) is 0. The molecule has 0 aromatic rings. The van der Waals surface area contributed by atoms with Crippen LogP contribution in [0.15, 0.2) is 4.99 Å². The van der Waals surface area contributed by atoms with Crippen LogP contribution in [0.3, 0.4) is 0 Å². The van der Waals surface area contributed by atoms with Crippen LogP contribution in [0.4, 0.5) is 0 Å². The predicted octanol–water partition coefficient (Wildman–Crippen LogP) is -1.28. The van der Waals surface area contributed by atoms with Gasteiger partial charge in [-0.25, -0.2) is 0 Å². The maximum Gasteiger partial charge on any atom is 0.323 e. The summed E-state index contributed by atoms with van der Waals surface area (Å²) in [7, 11) is 0. The molecule has 7 heteroatoms. The van der Waals surface area contributed by atoms with Crippen LogP contribution < -0.4 is 0 Å². The molecule has 0 unspecified atom stereocenters. The highest BCUT2D eigenvalue weighted by atomic mass is 16.4. The fourth-order valence-corrected chi connectivity index (χ4v) is 1.16. The van der Waals surface area contributed by atoms with E-state index in [2.05, 4.69) is 4.99 Å². The number of nitrogens with zero attached hydrogens (tertiary/aromatic N) is 3. The molecule has 0 radical (unpaired) electrons. The fourth-order valence-electron chi connectivity index (χ4n) is 1.16. The molecule has 0 amide bonds. The third-order valence-corrected chi connectivity index (χ3v) is 1.61. The van der Waals surface area contributed by atoms with E-state index in [1.165, 1.54) is 16.1 Å². The van der Waals surface area contributed by atoms with Crippen molar-refractivity contribution in [1.82, 2.24) is 9.80 Å². The number of hydrogen-bond acceptors (Lipinski definition) is 5. The Morgan fingerprint density at radius 1 is 1.29 bits per heavy atom. The molecule has 0 aromatic carbocycles. The van der Waals surface area contributed by atoms with Crippen molar-refractivity contribution in [3.63, 3.8) is 0 Å². The van der Waals surface area contributed by atoms with Crippen LogP contribution in [0, 0.1) is 0 Å². The minimum absolute atomic E-state index is 0.131. The minimum Gasteiger partial charge on any atom is -0.480 e. The molecule has 0 saturated carbocycles. The summed E-state index contributed by atoms with van der Waals surface area (Å²) in [6, 6.07) is 0. The van der Waals surface area contributed by atoms with E-state index in [1.54, 1.807) is 0 Å². The Kier molecular flexibility index (Phi) is 3.41. The van der Waals surface area contributed by atoms with E-state index in [9.17, 15) is 9.59 Å². The zero-order chi connectivity index (χ0) is 10.6. The monoisotopic (exact) mass is 201 g/mol. The van der Waals surface area contributed by atoms with Gasteiger partial charge in [0.2, 0.25) is 0 Å². The first-order valence-electron chi connectivity index (χ1n) is 3.98. The number of carbonyl (C=O) groups is 2. The first kappa shape index (κ1) is 10.5. The van der Waals surface area contributed by atoms with E-state index in [-0.39, 0.29) is 19.8 Å². The second-order valence-electron chi connectivity index (χ2n) is 2.94. The van der Waals surface area contributed by atoms with Crippen molar-refractivity contribution in [3.8, 4) is 0 Å². The molecule has 0 aliphatic carbocycles. The van der Waals surface area contributed by atoms with E-state index >= 15 is 0 Å². The average Bonchev–Trinajstić information content (AvgIpc) is 2.01. The Bertz CT molecular complexity index is 266. The van der Waals surface area contributed by atoms with Crippen molar-refractivity contribution in [2.75, 3.05) is 26.4 Å². The molecule has 0 aromatic heterocycles.